The van der Waals surface area contributed by atoms with Gasteiger partial charge in [0.25, 0.3) is 0 Å². The largest absolute Gasteiger partial charge is 0.304 e. The maximum Gasteiger partial charge on any atom is 0.0260 e. The third-order valence-corrected chi connectivity index (χ3v) is 3.01. The van der Waals surface area contributed by atoms with Crippen LogP contribution < -0.4 is 0 Å². The molecule has 0 amide bonds. The molecule has 0 aromatic carbocycles. The molecule has 0 aromatic rings. The molecule has 2 fully saturated rings. The lowest BCUT2D eigenvalue weighted by Gasteiger charge is -2.17. The van der Waals surface area contributed by atoms with Gasteiger partial charge in [0.15, 0.2) is 0 Å². The third-order valence-electron chi connectivity index (χ3n) is 3.01. The molecule has 2 atom stereocenters. The molecule has 2 nitrogen and oxygen atoms in total. The topological polar surface area (TPSA) is 6.48 Å². The van der Waals surface area contributed by atoms with Crippen LogP contribution in [0.4, 0.5) is 0 Å². The van der Waals surface area contributed by atoms with Crippen LogP contribution in [0, 0.1) is 5.92 Å². The Hall–Kier alpha value is -0.0800. The van der Waals surface area contributed by atoms with Crippen LogP contribution >= 0.6 is 0 Å². The van der Waals surface area contributed by atoms with E-state index in [1.54, 1.807) is 0 Å². The van der Waals surface area contributed by atoms with Gasteiger partial charge < -0.3 is 9.80 Å². The quantitative estimate of drug-likeness (QED) is 0.476. The lowest BCUT2D eigenvalue weighted by Crippen LogP contribution is -2.30. The van der Waals surface area contributed by atoms with Crippen molar-refractivity contribution in [3.8, 4) is 0 Å². The average molecular weight is 140 g/mol. The van der Waals surface area contributed by atoms with E-state index in [9.17, 15) is 0 Å². The van der Waals surface area contributed by atoms with Gasteiger partial charge in [0.1, 0.15) is 0 Å². The van der Waals surface area contributed by atoms with E-state index in [0.29, 0.717) is 0 Å². The van der Waals surface area contributed by atoms with Crippen molar-refractivity contribution in [2.75, 3.05) is 33.7 Å². The van der Waals surface area contributed by atoms with Gasteiger partial charge in [-0.2, -0.15) is 0 Å². The average Bonchev–Trinajstić information content (AvgIpc) is 2.35. The number of nitrogens with zero attached hydrogens (tertiary/aromatic N) is 2. The minimum absolute atomic E-state index is 0.880. The number of rotatable bonds is 0. The van der Waals surface area contributed by atoms with Crippen LogP contribution in [0.1, 0.15) is 6.42 Å². The first-order valence-corrected chi connectivity index (χ1v) is 4.16. The molecule has 0 unspecified atom stereocenters. The molecule has 58 valence electrons. The fraction of sp³-hybridized carbons (Fsp3) is 1.00. The van der Waals surface area contributed by atoms with E-state index >= 15 is 0 Å². The Balaban J connectivity index is 2.05. The van der Waals surface area contributed by atoms with Crippen molar-refractivity contribution >= 4 is 0 Å². The second-order valence-corrected chi connectivity index (χ2v) is 3.82. The van der Waals surface area contributed by atoms with Crippen molar-refractivity contribution in [3.05, 3.63) is 0 Å². The van der Waals surface area contributed by atoms with Gasteiger partial charge in [-0.3, -0.25) is 0 Å². The Morgan fingerprint density at radius 3 is 2.70 bits per heavy atom. The van der Waals surface area contributed by atoms with E-state index < -0.39 is 0 Å². The van der Waals surface area contributed by atoms with Gasteiger partial charge in [0, 0.05) is 19.1 Å². The van der Waals surface area contributed by atoms with Gasteiger partial charge in [-0.25, -0.2) is 0 Å². The highest BCUT2D eigenvalue weighted by atomic mass is 15.3. The Labute approximate surface area is 62.8 Å². The molecule has 2 heterocycles. The van der Waals surface area contributed by atoms with Gasteiger partial charge in [-0.05, 0) is 33.0 Å². The second-order valence-electron chi connectivity index (χ2n) is 3.82. The molecular weight excluding hydrogens is 124 g/mol. The summed E-state index contributed by atoms with van der Waals surface area (Å²) in [5.74, 6) is 0.981. The van der Waals surface area contributed by atoms with Gasteiger partial charge in [-0.1, -0.05) is 0 Å². The normalized spacial score (nSPS) is 42.6. The summed E-state index contributed by atoms with van der Waals surface area (Å²) in [6.45, 7) is 3.94. The lowest BCUT2D eigenvalue weighted by atomic mass is 10.1. The van der Waals surface area contributed by atoms with Crippen molar-refractivity contribution in [2.45, 2.75) is 12.5 Å². The molecule has 10 heavy (non-hydrogen) atoms. The van der Waals surface area contributed by atoms with Crippen LogP contribution in [0.15, 0.2) is 0 Å². The molecule has 0 spiro atoms. The minimum Gasteiger partial charge on any atom is -0.304 e. The molecule has 0 N–H and O–H groups in total. The third kappa shape index (κ3) is 0.867. The number of fused-ring (bicyclic) bond motifs is 1. The maximum atomic E-state index is 2.51. The van der Waals surface area contributed by atoms with E-state index in [1.165, 1.54) is 26.1 Å². The first-order chi connectivity index (χ1) is 4.77. The van der Waals surface area contributed by atoms with Crippen molar-refractivity contribution in [2.24, 2.45) is 5.92 Å². The zero-order chi connectivity index (χ0) is 7.14. The summed E-state index contributed by atoms with van der Waals surface area (Å²) in [7, 11) is 4.48. The fourth-order valence-corrected chi connectivity index (χ4v) is 2.38. The summed E-state index contributed by atoms with van der Waals surface area (Å²) in [5.41, 5.74) is 0. The molecule has 0 aromatic heterocycles. The summed E-state index contributed by atoms with van der Waals surface area (Å²) in [4.78, 5) is 4.96. The van der Waals surface area contributed by atoms with E-state index in [2.05, 4.69) is 23.9 Å². The van der Waals surface area contributed by atoms with Crippen molar-refractivity contribution in [3.63, 3.8) is 0 Å². The summed E-state index contributed by atoms with van der Waals surface area (Å²) in [5, 5.41) is 0. The number of likely N-dealkylation sites (N-methyl/N-ethyl adjacent to an activating group) is 2. The summed E-state index contributed by atoms with van der Waals surface area (Å²) in [6, 6.07) is 0.880. The number of hydrogen-bond acceptors (Lipinski definition) is 2. The molecule has 2 saturated heterocycles. The zero-order valence-electron chi connectivity index (χ0n) is 6.88. The maximum absolute atomic E-state index is 2.51. The van der Waals surface area contributed by atoms with Crippen LogP contribution in [0.2, 0.25) is 0 Å². The lowest BCUT2D eigenvalue weighted by molar-refractivity contribution is 0.282. The highest BCUT2D eigenvalue weighted by Crippen LogP contribution is 2.28. The van der Waals surface area contributed by atoms with Gasteiger partial charge in [0.05, 0.1) is 0 Å². The molecular formula is C8H16N2. The van der Waals surface area contributed by atoms with E-state index in [1.807, 2.05) is 0 Å². The number of likely N-dealkylation sites (tertiary alicyclic amines) is 2. The van der Waals surface area contributed by atoms with Crippen LogP contribution in [-0.4, -0.2) is 49.6 Å². The smallest absolute Gasteiger partial charge is 0.0260 e. The van der Waals surface area contributed by atoms with Crippen molar-refractivity contribution in [1.82, 2.24) is 9.80 Å². The molecule has 0 saturated carbocycles. The van der Waals surface area contributed by atoms with Crippen LogP contribution in [0.5, 0.6) is 0 Å². The van der Waals surface area contributed by atoms with Crippen LogP contribution in [-0.2, 0) is 0 Å². The molecule has 0 bridgehead atoms. The van der Waals surface area contributed by atoms with Crippen molar-refractivity contribution in [1.29, 1.82) is 0 Å². The first kappa shape index (κ1) is 6.62. The Kier molecular flexibility index (Phi) is 1.46. The highest BCUT2D eigenvalue weighted by molar-refractivity contribution is 4.93. The Bertz CT molecular complexity index is 135. The minimum atomic E-state index is 0.880. The fourth-order valence-electron chi connectivity index (χ4n) is 2.38. The molecule has 2 aliphatic rings. The Morgan fingerprint density at radius 1 is 1.20 bits per heavy atom. The predicted molar refractivity (Wildman–Crippen MR) is 42.0 cm³/mol. The van der Waals surface area contributed by atoms with E-state index in [-0.39, 0.29) is 0 Å². The highest BCUT2D eigenvalue weighted by Gasteiger charge is 2.37. The predicted octanol–water partition coefficient (Wildman–Crippen LogP) is 0.252. The first-order valence-electron chi connectivity index (χ1n) is 4.16. The van der Waals surface area contributed by atoms with Gasteiger partial charge in [-0.15, -0.1) is 0 Å². The summed E-state index contributed by atoms with van der Waals surface area (Å²) < 4.78 is 0. The SMILES string of the molecule is CN1C[C@H]2CCN(C)[C@H]2C1. The van der Waals surface area contributed by atoms with E-state index in [0.717, 1.165) is 12.0 Å². The molecule has 0 aliphatic carbocycles. The number of hydrogen-bond donors (Lipinski definition) is 0. The molecule has 2 heteroatoms. The molecule has 0 radical (unpaired) electrons. The molecule has 2 aliphatic heterocycles. The monoisotopic (exact) mass is 140 g/mol. The Morgan fingerprint density at radius 2 is 2.00 bits per heavy atom. The van der Waals surface area contributed by atoms with Crippen LogP contribution in [0.25, 0.3) is 0 Å². The van der Waals surface area contributed by atoms with Crippen molar-refractivity contribution < 1.29 is 0 Å². The summed E-state index contributed by atoms with van der Waals surface area (Å²) in [6.07, 6.45) is 1.42. The van der Waals surface area contributed by atoms with Gasteiger partial charge >= 0.3 is 0 Å². The van der Waals surface area contributed by atoms with E-state index in [4.69, 9.17) is 0 Å². The van der Waals surface area contributed by atoms with Crippen LogP contribution in [0.3, 0.4) is 0 Å². The summed E-state index contributed by atoms with van der Waals surface area (Å²) >= 11 is 0. The second kappa shape index (κ2) is 2.21. The zero-order valence-corrected chi connectivity index (χ0v) is 6.88. The molecule has 2 rings (SSSR count). The standard InChI is InChI=1S/C8H16N2/c1-9-5-7-3-4-10(2)8(7)6-9/h7-8H,3-6H2,1-2H3/t7-,8+/m1/s1. The van der Waals surface area contributed by atoms with Gasteiger partial charge in [0.2, 0.25) is 0 Å².